The van der Waals surface area contributed by atoms with Gasteiger partial charge in [-0.15, -0.1) is 24.0 Å². The molecule has 1 atom stereocenters. The zero-order chi connectivity index (χ0) is 18.3. The third kappa shape index (κ3) is 6.61. The molecule has 0 bridgehead atoms. The number of aliphatic imine (C=N–C) groups is 1. The van der Waals surface area contributed by atoms with Crippen LogP contribution in [0.1, 0.15) is 38.2 Å². The quantitative estimate of drug-likeness (QED) is 0.306. The molecule has 2 heterocycles. The summed E-state index contributed by atoms with van der Waals surface area (Å²) in [5.41, 5.74) is -1.13. The van der Waals surface area contributed by atoms with Crippen molar-refractivity contribution in [3.8, 4) is 0 Å². The maximum absolute atomic E-state index is 10.7. The summed E-state index contributed by atoms with van der Waals surface area (Å²) in [6.07, 6.45) is 4.22. The Hall–Kier alpha value is -0.450. The summed E-state index contributed by atoms with van der Waals surface area (Å²) >= 11 is 1.89. The van der Waals surface area contributed by atoms with Crippen LogP contribution in [0.5, 0.6) is 0 Å². The summed E-state index contributed by atoms with van der Waals surface area (Å²) in [5, 5.41) is 17.3. The molecule has 8 heteroatoms. The zero-order valence-electron chi connectivity index (χ0n) is 16.1. The second-order valence-electron chi connectivity index (χ2n) is 6.73. The van der Waals surface area contributed by atoms with Crippen LogP contribution in [0.25, 0.3) is 0 Å². The van der Waals surface area contributed by atoms with E-state index in [2.05, 4.69) is 21.9 Å². The summed E-state index contributed by atoms with van der Waals surface area (Å²) in [5.74, 6) is 2.03. The molecule has 0 amide bonds. The van der Waals surface area contributed by atoms with Crippen LogP contribution in [0.3, 0.4) is 0 Å². The van der Waals surface area contributed by atoms with Crippen LogP contribution >= 0.6 is 35.7 Å². The molecule has 1 unspecified atom stereocenters. The minimum Gasteiger partial charge on any atom is -0.463 e. The van der Waals surface area contributed by atoms with Gasteiger partial charge in [-0.25, -0.2) is 4.99 Å². The van der Waals surface area contributed by atoms with Crippen LogP contribution < -0.4 is 10.6 Å². The number of furan rings is 1. The van der Waals surface area contributed by atoms with Crippen LogP contribution in [0.4, 0.5) is 0 Å². The van der Waals surface area contributed by atoms with Crippen molar-refractivity contribution in [1.29, 1.82) is 0 Å². The molecule has 1 fully saturated rings. The fourth-order valence-corrected chi connectivity index (χ4v) is 3.61. The fraction of sp³-hybridized carbons (Fsp3) is 0.722. The lowest BCUT2D eigenvalue weighted by Gasteiger charge is -2.36. The molecular weight excluding hydrogens is 465 g/mol. The van der Waals surface area contributed by atoms with Gasteiger partial charge >= 0.3 is 0 Å². The Morgan fingerprint density at radius 2 is 2.04 bits per heavy atom. The summed E-state index contributed by atoms with van der Waals surface area (Å²) < 4.78 is 11.2. The molecule has 150 valence electrons. The second-order valence-corrected chi connectivity index (χ2v) is 8.01. The maximum atomic E-state index is 10.7. The van der Waals surface area contributed by atoms with Crippen molar-refractivity contribution in [3.63, 3.8) is 0 Å². The van der Waals surface area contributed by atoms with Gasteiger partial charge in [0.25, 0.3) is 0 Å². The number of aliphatic hydroxyl groups is 1. The molecule has 2 rings (SSSR count). The molecule has 1 aliphatic heterocycles. The van der Waals surface area contributed by atoms with Gasteiger partial charge in [0.2, 0.25) is 0 Å². The number of thioether (sulfide) groups is 1. The Bertz CT molecular complexity index is 572. The number of guanidine groups is 1. The molecule has 6 nitrogen and oxygen atoms in total. The largest absolute Gasteiger partial charge is 0.463 e. The van der Waals surface area contributed by atoms with Gasteiger partial charge < -0.3 is 24.9 Å². The van der Waals surface area contributed by atoms with Crippen molar-refractivity contribution >= 4 is 41.7 Å². The molecule has 0 aromatic carbocycles. The van der Waals surface area contributed by atoms with E-state index in [1.807, 2.05) is 31.7 Å². The lowest BCUT2D eigenvalue weighted by molar-refractivity contribution is 0.0428. The Morgan fingerprint density at radius 1 is 1.35 bits per heavy atom. The van der Waals surface area contributed by atoms with Crippen molar-refractivity contribution < 1.29 is 14.3 Å². The van der Waals surface area contributed by atoms with Crippen molar-refractivity contribution in [2.24, 2.45) is 4.99 Å². The van der Waals surface area contributed by atoms with Gasteiger partial charge in [0, 0.05) is 31.1 Å². The van der Waals surface area contributed by atoms with Crippen molar-refractivity contribution in [3.05, 3.63) is 23.7 Å². The van der Waals surface area contributed by atoms with Crippen LogP contribution in [0.2, 0.25) is 0 Å². The molecule has 0 saturated carbocycles. The highest BCUT2D eigenvalue weighted by molar-refractivity contribution is 14.0. The van der Waals surface area contributed by atoms with Gasteiger partial charge in [0.1, 0.15) is 17.1 Å². The topological polar surface area (TPSA) is 79.0 Å². The van der Waals surface area contributed by atoms with E-state index in [0.29, 0.717) is 11.7 Å². The van der Waals surface area contributed by atoms with Crippen LogP contribution in [-0.4, -0.2) is 54.9 Å². The monoisotopic (exact) mass is 497 g/mol. The van der Waals surface area contributed by atoms with Crippen molar-refractivity contribution in [1.82, 2.24) is 10.6 Å². The molecule has 0 radical (unpaired) electrons. The van der Waals surface area contributed by atoms with E-state index in [1.54, 1.807) is 13.0 Å². The Balaban J connectivity index is 0.00000338. The number of ether oxygens (including phenoxy) is 1. The van der Waals surface area contributed by atoms with E-state index in [1.165, 1.54) is 0 Å². The predicted molar refractivity (Wildman–Crippen MR) is 119 cm³/mol. The molecule has 1 aliphatic rings. The molecule has 1 aromatic heterocycles. The lowest BCUT2D eigenvalue weighted by Crippen LogP contribution is -2.48. The first-order valence-electron chi connectivity index (χ1n) is 8.85. The number of halogens is 1. The highest BCUT2D eigenvalue weighted by Gasteiger charge is 2.32. The highest BCUT2D eigenvalue weighted by atomic mass is 127. The summed E-state index contributed by atoms with van der Waals surface area (Å²) in [7, 11) is 0. The molecule has 26 heavy (non-hydrogen) atoms. The molecule has 0 aliphatic carbocycles. The van der Waals surface area contributed by atoms with E-state index in [-0.39, 0.29) is 35.3 Å². The Kier molecular flexibility index (Phi) is 9.77. The third-order valence-corrected chi connectivity index (χ3v) is 5.99. The van der Waals surface area contributed by atoms with E-state index < -0.39 is 5.60 Å². The first-order valence-corrected chi connectivity index (χ1v) is 10.1. The molecular formula is C18H32IN3O3S. The number of aryl methyl sites for hydroxylation is 1. The lowest BCUT2D eigenvalue weighted by atomic mass is 9.99. The smallest absolute Gasteiger partial charge is 0.191 e. The Labute approximate surface area is 177 Å². The number of hydrogen-bond acceptors (Lipinski definition) is 5. The standard InChI is InChI=1S/C18H31N3O3S.HI/c1-5-19-16(21-13-18(25-4)8-10-23-11-9-18)20-12-17(3,22)15-7-6-14(2)24-15;/h6-7,22H,5,8-13H2,1-4H3,(H2,19,20,21);1H. The van der Waals surface area contributed by atoms with E-state index >= 15 is 0 Å². The SMILES string of the molecule is CCNC(=NCC(C)(O)c1ccc(C)o1)NCC1(SC)CCOCC1.I. The number of nitrogens with zero attached hydrogens (tertiary/aromatic N) is 1. The fourth-order valence-electron chi connectivity index (χ4n) is 2.82. The Morgan fingerprint density at radius 3 is 2.58 bits per heavy atom. The average Bonchev–Trinajstić information content (AvgIpc) is 3.06. The zero-order valence-corrected chi connectivity index (χ0v) is 19.3. The second kappa shape index (κ2) is 10.8. The average molecular weight is 497 g/mol. The van der Waals surface area contributed by atoms with Crippen molar-refractivity contribution in [2.75, 3.05) is 39.1 Å². The van der Waals surface area contributed by atoms with Gasteiger partial charge in [-0.1, -0.05) is 0 Å². The minimum absolute atomic E-state index is 0. The van der Waals surface area contributed by atoms with Crippen LogP contribution in [0.15, 0.2) is 21.5 Å². The van der Waals surface area contributed by atoms with Crippen LogP contribution in [0, 0.1) is 6.92 Å². The number of rotatable bonds is 7. The molecule has 0 spiro atoms. The van der Waals surface area contributed by atoms with Gasteiger partial charge in [-0.05, 0) is 52.0 Å². The first-order chi connectivity index (χ1) is 11.9. The first kappa shape index (κ1) is 23.6. The summed E-state index contributed by atoms with van der Waals surface area (Å²) in [6.45, 7) is 9.05. The summed E-state index contributed by atoms with van der Waals surface area (Å²) in [6, 6.07) is 3.65. The number of nitrogens with one attached hydrogen (secondary N) is 2. The van der Waals surface area contributed by atoms with E-state index in [0.717, 1.165) is 44.9 Å². The van der Waals surface area contributed by atoms with E-state index in [4.69, 9.17) is 9.15 Å². The van der Waals surface area contributed by atoms with Gasteiger partial charge in [-0.2, -0.15) is 11.8 Å². The predicted octanol–water partition coefficient (Wildman–Crippen LogP) is 2.88. The van der Waals surface area contributed by atoms with E-state index in [9.17, 15) is 5.11 Å². The normalized spacial score (nSPS) is 19.3. The van der Waals surface area contributed by atoms with Gasteiger partial charge in [0.05, 0.1) is 6.54 Å². The highest BCUT2D eigenvalue weighted by Crippen LogP contribution is 2.33. The summed E-state index contributed by atoms with van der Waals surface area (Å²) in [4.78, 5) is 4.56. The third-order valence-electron chi connectivity index (χ3n) is 4.58. The molecule has 3 N–H and O–H groups in total. The minimum atomic E-state index is -1.13. The van der Waals surface area contributed by atoms with Gasteiger partial charge in [-0.3, -0.25) is 0 Å². The maximum Gasteiger partial charge on any atom is 0.191 e. The molecule has 1 aromatic rings. The van der Waals surface area contributed by atoms with Crippen molar-refractivity contribution in [2.45, 2.75) is 44.0 Å². The van der Waals surface area contributed by atoms with Crippen LogP contribution in [-0.2, 0) is 10.3 Å². The van der Waals surface area contributed by atoms with Gasteiger partial charge in [0.15, 0.2) is 5.96 Å². The molecule has 1 saturated heterocycles. The number of hydrogen-bond donors (Lipinski definition) is 3.